The van der Waals surface area contributed by atoms with Gasteiger partial charge in [0.25, 0.3) is 0 Å². The molecule has 4 aromatic rings. The van der Waals surface area contributed by atoms with Crippen molar-refractivity contribution in [3.63, 3.8) is 0 Å². The first-order valence-electron chi connectivity index (χ1n) is 9.26. The number of rotatable bonds is 6. The minimum absolute atomic E-state index is 0.156. The fraction of sp³-hybridized carbons (Fsp3) is 0.0870. The highest BCUT2D eigenvalue weighted by Crippen LogP contribution is 2.29. The maximum absolute atomic E-state index is 13.4. The molecule has 5 nitrogen and oxygen atoms in total. The van der Waals surface area contributed by atoms with Crippen molar-refractivity contribution in [3.05, 3.63) is 108 Å². The number of sulfonamides is 1. The molecule has 0 fully saturated rings. The molecule has 1 heterocycles. The van der Waals surface area contributed by atoms with Gasteiger partial charge < -0.3 is 0 Å². The SMILES string of the molecule is Cn1cc(S(=O)(=O)NC(c2ccccc2)c2ccccc2)c(-c2ccccc2)n1. The van der Waals surface area contributed by atoms with Crippen LogP contribution in [0.3, 0.4) is 0 Å². The van der Waals surface area contributed by atoms with Crippen LogP contribution in [0.15, 0.2) is 102 Å². The van der Waals surface area contributed by atoms with Gasteiger partial charge in [-0.25, -0.2) is 8.42 Å². The first-order chi connectivity index (χ1) is 14.0. The van der Waals surface area contributed by atoms with E-state index in [1.165, 1.54) is 10.9 Å². The minimum atomic E-state index is -3.85. The summed E-state index contributed by atoms with van der Waals surface area (Å²) in [5.41, 5.74) is 2.92. The normalized spacial score (nSPS) is 11.7. The first-order valence-corrected chi connectivity index (χ1v) is 10.7. The molecular formula is C23H21N3O2S. The summed E-state index contributed by atoms with van der Waals surface area (Å²) in [5, 5.41) is 4.40. The highest BCUT2D eigenvalue weighted by Gasteiger charge is 2.27. The molecule has 146 valence electrons. The van der Waals surface area contributed by atoms with Gasteiger partial charge in [-0.05, 0) is 11.1 Å². The van der Waals surface area contributed by atoms with Crippen LogP contribution in [0.2, 0.25) is 0 Å². The maximum atomic E-state index is 13.4. The topological polar surface area (TPSA) is 64.0 Å². The third-order valence-electron chi connectivity index (χ3n) is 4.67. The van der Waals surface area contributed by atoms with Gasteiger partial charge in [-0.2, -0.15) is 9.82 Å². The summed E-state index contributed by atoms with van der Waals surface area (Å²) in [6.07, 6.45) is 1.54. The summed E-state index contributed by atoms with van der Waals surface area (Å²) in [5.74, 6) is 0. The Morgan fingerprint density at radius 3 is 1.79 bits per heavy atom. The fourth-order valence-electron chi connectivity index (χ4n) is 3.30. The molecule has 4 rings (SSSR count). The second kappa shape index (κ2) is 8.03. The molecule has 0 spiro atoms. The predicted octanol–water partition coefficient (Wildman–Crippen LogP) is 4.16. The Kier molecular flexibility index (Phi) is 5.29. The molecule has 0 saturated heterocycles. The van der Waals surface area contributed by atoms with Crippen LogP contribution in [-0.4, -0.2) is 18.2 Å². The molecular weight excluding hydrogens is 382 g/mol. The lowest BCUT2D eigenvalue weighted by Crippen LogP contribution is -2.29. The summed E-state index contributed by atoms with van der Waals surface area (Å²) < 4.78 is 31.3. The number of hydrogen-bond acceptors (Lipinski definition) is 3. The summed E-state index contributed by atoms with van der Waals surface area (Å²) in [4.78, 5) is 0.156. The smallest absolute Gasteiger partial charge is 0.245 e. The maximum Gasteiger partial charge on any atom is 0.245 e. The van der Waals surface area contributed by atoms with Gasteiger partial charge in [0.05, 0.1) is 6.04 Å². The van der Waals surface area contributed by atoms with Crippen LogP contribution in [-0.2, 0) is 17.1 Å². The average Bonchev–Trinajstić information content (AvgIpc) is 3.17. The Hall–Kier alpha value is -3.22. The van der Waals surface area contributed by atoms with E-state index in [1.54, 1.807) is 7.05 Å². The lowest BCUT2D eigenvalue weighted by atomic mass is 10.00. The molecule has 0 aliphatic heterocycles. The summed E-state index contributed by atoms with van der Waals surface area (Å²) >= 11 is 0. The number of aromatic nitrogens is 2. The molecule has 1 N–H and O–H groups in total. The molecule has 0 aliphatic carbocycles. The average molecular weight is 404 g/mol. The lowest BCUT2D eigenvalue weighted by molar-refractivity contribution is 0.572. The van der Waals surface area contributed by atoms with Crippen molar-refractivity contribution >= 4 is 10.0 Å². The van der Waals surface area contributed by atoms with E-state index in [9.17, 15) is 8.42 Å². The molecule has 6 heteroatoms. The van der Waals surface area contributed by atoms with Gasteiger partial charge in [-0.15, -0.1) is 0 Å². The van der Waals surface area contributed by atoms with Gasteiger partial charge in [0, 0.05) is 18.8 Å². The number of nitrogens with zero attached hydrogens (tertiary/aromatic N) is 2. The first kappa shape index (κ1) is 19.1. The van der Waals surface area contributed by atoms with Crippen molar-refractivity contribution in [3.8, 4) is 11.3 Å². The lowest BCUT2D eigenvalue weighted by Gasteiger charge is -2.20. The van der Waals surface area contributed by atoms with Crippen LogP contribution in [0.25, 0.3) is 11.3 Å². The van der Waals surface area contributed by atoms with Crippen molar-refractivity contribution in [2.24, 2.45) is 7.05 Å². The molecule has 29 heavy (non-hydrogen) atoms. The van der Waals surface area contributed by atoms with Crippen LogP contribution in [0.1, 0.15) is 17.2 Å². The zero-order valence-electron chi connectivity index (χ0n) is 15.9. The molecule has 0 bridgehead atoms. The number of hydrogen-bond donors (Lipinski definition) is 1. The van der Waals surface area contributed by atoms with Crippen molar-refractivity contribution in [1.29, 1.82) is 0 Å². The molecule has 0 unspecified atom stereocenters. The third-order valence-corrected chi connectivity index (χ3v) is 6.09. The molecule has 3 aromatic carbocycles. The Bertz CT molecular complexity index is 1150. The van der Waals surface area contributed by atoms with E-state index in [-0.39, 0.29) is 4.90 Å². The fourth-order valence-corrected chi connectivity index (χ4v) is 4.71. The van der Waals surface area contributed by atoms with E-state index in [1.807, 2.05) is 91.0 Å². The summed E-state index contributed by atoms with van der Waals surface area (Å²) in [6.45, 7) is 0. The van der Waals surface area contributed by atoms with Crippen molar-refractivity contribution in [1.82, 2.24) is 14.5 Å². The Morgan fingerprint density at radius 2 is 1.28 bits per heavy atom. The van der Waals surface area contributed by atoms with E-state index < -0.39 is 16.1 Å². The van der Waals surface area contributed by atoms with Gasteiger partial charge in [-0.3, -0.25) is 4.68 Å². The van der Waals surface area contributed by atoms with Gasteiger partial charge in [0.2, 0.25) is 10.0 Å². The standard InChI is InChI=1S/C23H21N3O2S/c1-26-17-21(23(24-26)20-15-9-4-10-16-20)29(27,28)25-22(18-11-5-2-6-12-18)19-13-7-3-8-14-19/h2-17,22,25H,1H3. The monoisotopic (exact) mass is 403 g/mol. The van der Waals surface area contributed by atoms with Gasteiger partial charge in [0.1, 0.15) is 10.6 Å². The number of aryl methyl sites for hydroxylation is 1. The van der Waals surface area contributed by atoms with Crippen LogP contribution >= 0.6 is 0 Å². The van der Waals surface area contributed by atoms with Crippen LogP contribution in [0.5, 0.6) is 0 Å². The van der Waals surface area contributed by atoms with Crippen molar-refractivity contribution in [2.45, 2.75) is 10.9 Å². The molecule has 0 saturated carbocycles. The second-order valence-corrected chi connectivity index (χ2v) is 8.44. The Morgan fingerprint density at radius 1 is 0.793 bits per heavy atom. The van der Waals surface area contributed by atoms with E-state index in [4.69, 9.17) is 0 Å². The molecule has 1 aromatic heterocycles. The quantitative estimate of drug-likeness (QED) is 0.526. The van der Waals surface area contributed by atoms with Crippen molar-refractivity contribution < 1.29 is 8.42 Å². The summed E-state index contributed by atoms with van der Waals surface area (Å²) in [7, 11) is -2.13. The van der Waals surface area contributed by atoms with Crippen LogP contribution in [0, 0.1) is 0 Å². The van der Waals surface area contributed by atoms with Gasteiger partial charge >= 0.3 is 0 Å². The zero-order chi connectivity index (χ0) is 20.3. The van der Waals surface area contributed by atoms with Crippen molar-refractivity contribution in [2.75, 3.05) is 0 Å². The third kappa shape index (κ3) is 4.13. The van der Waals surface area contributed by atoms with Gasteiger partial charge in [0.15, 0.2) is 0 Å². The number of nitrogens with one attached hydrogen (secondary N) is 1. The molecule has 0 amide bonds. The molecule has 0 radical (unpaired) electrons. The second-order valence-electron chi connectivity index (χ2n) is 6.76. The zero-order valence-corrected chi connectivity index (χ0v) is 16.8. The van der Waals surface area contributed by atoms with E-state index in [0.717, 1.165) is 16.7 Å². The highest BCUT2D eigenvalue weighted by molar-refractivity contribution is 7.89. The predicted molar refractivity (Wildman–Crippen MR) is 114 cm³/mol. The molecule has 0 atom stereocenters. The van der Waals surface area contributed by atoms with E-state index >= 15 is 0 Å². The molecule has 0 aliphatic rings. The summed E-state index contributed by atoms with van der Waals surface area (Å²) in [6, 6.07) is 27.9. The minimum Gasteiger partial charge on any atom is -0.274 e. The number of benzene rings is 3. The van der Waals surface area contributed by atoms with Crippen LogP contribution < -0.4 is 4.72 Å². The largest absolute Gasteiger partial charge is 0.274 e. The van der Waals surface area contributed by atoms with Crippen LogP contribution in [0.4, 0.5) is 0 Å². The van der Waals surface area contributed by atoms with E-state index in [0.29, 0.717) is 5.69 Å². The Balaban J connectivity index is 1.78. The van der Waals surface area contributed by atoms with E-state index in [2.05, 4.69) is 9.82 Å². The van der Waals surface area contributed by atoms with Gasteiger partial charge in [-0.1, -0.05) is 91.0 Å². The Labute approximate surface area is 170 Å². The highest BCUT2D eigenvalue weighted by atomic mass is 32.2.